The molecule has 0 spiro atoms. The molecule has 76 valence electrons. The molecule has 3 nitrogen and oxygen atoms in total. The van der Waals surface area contributed by atoms with E-state index in [1.54, 1.807) is 0 Å². The van der Waals surface area contributed by atoms with Crippen LogP contribution in [0.15, 0.2) is 18.2 Å². The predicted molar refractivity (Wildman–Crippen MR) is 52.6 cm³/mol. The molecule has 1 aromatic rings. The van der Waals surface area contributed by atoms with Gasteiger partial charge < -0.3 is 14.6 Å². The Morgan fingerprint density at radius 3 is 2.93 bits per heavy atom. The first-order chi connectivity index (χ1) is 6.79. The molecule has 1 aliphatic rings. The van der Waals surface area contributed by atoms with Gasteiger partial charge in [-0.05, 0) is 30.5 Å². The fourth-order valence-electron chi connectivity index (χ4n) is 1.48. The van der Waals surface area contributed by atoms with Gasteiger partial charge in [-0.25, -0.2) is 0 Å². The molecule has 0 aliphatic carbocycles. The lowest BCUT2D eigenvalue weighted by atomic mass is 10.1. The monoisotopic (exact) mass is 194 g/mol. The van der Waals surface area contributed by atoms with Gasteiger partial charge in [-0.2, -0.15) is 0 Å². The van der Waals surface area contributed by atoms with E-state index in [4.69, 9.17) is 9.47 Å². The quantitative estimate of drug-likeness (QED) is 0.796. The normalized spacial score (nSPS) is 15.6. The highest BCUT2D eigenvalue weighted by atomic mass is 16.7. The largest absolute Gasteiger partial charge is 0.454 e. The standard InChI is InChI=1S/C11H14O3/c1-2-9(12)5-8-3-4-10-11(6-8)14-7-13-10/h3-4,6,9,12H,2,5,7H2,1H3/t9-/m1/s1. The summed E-state index contributed by atoms with van der Waals surface area (Å²) >= 11 is 0. The molecular formula is C11H14O3. The first-order valence-corrected chi connectivity index (χ1v) is 4.86. The molecule has 1 heterocycles. The minimum atomic E-state index is -0.268. The lowest BCUT2D eigenvalue weighted by Crippen LogP contribution is -2.08. The van der Waals surface area contributed by atoms with E-state index in [9.17, 15) is 5.11 Å². The molecule has 0 bridgehead atoms. The molecule has 0 saturated carbocycles. The van der Waals surface area contributed by atoms with Crippen molar-refractivity contribution in [1.82, 2.24) is 0 Å². The van der Waals surface area contributed by atoms with Crippen LogP contribution in [0.5, 0.6) is 11.5 Å². The number of hydrogen-bond donors (Lipinski definition) is 1. The van der Waals surface area contributed by atoms with Gasteiger partial charge in [0.1, 0.15) is 0 Å². The highest BCUT2D eigenvalue weighted by molar-refractivity contribution is 5.44. The van der Waals surface area contributed by atoms with Gasteiger partial charge in [-0.3, -0.25) is 0 Å². The van der Waals surface area contributed by atoms with Crippen LogP contribution in [-0.4, -0.2) is 18.0 Å². The van der Waals surface area contributed by atoms with Crippen molar-refractivity contribution < 1.29 is 14.6 Å². The molecule has 1 aromatic carbocycles. The van der Waals surface area contributed by atoms with Crippen molar-refractivity contribution >= 4 is 0 Å². The van der Waals surface area contributed by atoms with E-state index in [1.807, 2.05) is 25.1 Å². The number of aliphatic hydroxyl groups excluding tert-OH is 1. The van der Waals surface area contributed by atoms with Gasteiger partial charge in [-0.15, -0.1) is 0 Å². The van der Waals surface area contributed by atoms with E-state index in [-0.39, 0.29) is 6.10 Å². The molecule has 1 aliphatic heterocycles. The zero-order valence-electron chi connectivity index (χ0n) is 8.19. The highest BCUT2D eigenvalue weighted by Crippen LogP contribution is 2.32. The minimum Gasteiger partial charge on any atom is -0.454 e. The Kier molecular flexibility index (Phi) is 2.59. The van der Waals surface area contributed by atoms with Gasteiger partial charge in [0.15, 0.2) is 11.5 Å². The van der Waals surface area contributed by atoms with Gasteiger partial charge >= 0.3 is 0 Å². The molecule has 0 amide bonds. The molecule has 0 saturated heterocycles. The maximum atomic E-state index is 9.49. The number of fused-ring (bicyclic) bond motifs is 1. The van der Waals surface area contributed by atoms with Crippen LogP contribution in [0.4, 0.5) is 0 Å². The van der Waals surface area contributed by atoms with Crippen LogP contribution in [-0.2, 0) is 6.42 Å². The fourth-order valence-corrected chi connectivity index (χ4v) is 1.48. The fraction of sp³-hybridized carbons (Fsp3) is 0.455. The summed E-state index contributed by atoms with van der Waals surface area (Å²) in [5.74, 6) is 1.57. The second-order valence-corrected chi connectivity index (χ2v) is 3.45. The molecule has 0 unspecified atom stereocenters. The number of ether oxygens (including phenoxy) is 2. The number of aliphatic hydroxyl groups is 1. The zero-order valence-corrected chi connectivity index (χ0v) is 8.19. The van der Waals surface area contributed by atoms with Crippen LogP contribution < -0.4 is 9.47 Å². The van der Waals surface area contributed by atoms with E-state index < -0.39 is 0 Å². The number of hydrogen-bond acceptors (Lipinski definition) is 3. The van der Waals surface area contributed by atoms with E-state index in [2.05, 4.69) is 0 Å². The van der Waals surface area contributed by atoms with E-state index in [1.165, 1.54) is 0 Å². The molecule has 1 N–H and O–H groups in total. The van der Waals surface area contributed by atoms with E-state index in [0.29, 0.717) is 13.2 Å². The van der Waals surface area contributed by atoms with Gasteiger partial charge in [-0.1, -0.05) is 13.0 Å². The van der Waals surface area contributed by atoms with Gasteiger partial charge in [0, 0.05) is 0 Å². The zero-order chi connectivity index (χ0) is 9.97. The predicted octanol–water partition coefficient (Wildman–Crippen LogP) is 1.73. The van der Waals surface area contributed by atoms with Crippen molar-refractivity contribution in [3.8, 4) is 11.5 Å². The maximum absolute atomic E-state index is 9.49. The topological polar surface area (TPSA) is 38.7 Å². The summed E-state index contributed by atoms with van der Waals surface area (Å²) in [4.78, 5) is 0. The first kappa shape index (κ1) is 9.34. The molecule has 3 heteroatoms. The van der Waals surface area contributed by atoms with Crippen LogP contribution >= 0.6 is 0 Å². The average Bonchev–Trinajstić information content (AvgIpc) is 2.64. The molecule has 14 heavy (non-hydrogen) atoms. The Bertz CT molecular complexity index is 322. The Morgan fingerprint density at radius 1 is 1.36 bits per heavy atom. The molecule has 0 aromatic heterocycles. The Labute approximate surface area is 83.3 Å². The Morgan fingerprint density at radius 2 is 2.14 bits per heavy atom. The Balaban J connectivity index is 2.12. The smallest absolute Gasteiger partial charge is 0.231 e. The third-order valence-corrected chi connectivity index (χ3v) is 2.38. The summed E-state index contributed by atoms with van der Waals surface area (Å²) in [5, 5.41) is 9.49. The third kappa shape index (κ3) is 1.82. The third-order valence-electron chi connectivity index (χ3n) is 2.38. The Hall–Kier alpha value is -1.22. The van der Waals surface area contributed by atoms with Crippen molar-refractivity contribution in [3.05, 3.63) is 23.8 Å². The summed E-state index contributed by atoms with van der Waals surface area (Å²) < 4.78 is 10.5. The van der Waals surface area contributed by atoms with Crippen molar-refractivity contribution in [2.45, 2.75) is 25.9 Å². The summed E-state index contributed by atoms with van der Waals surface area (Å²) in [6, 6.07) is 5.79. The van der Waals surface area contributed by atoms with Crippen LogP contribution in [0.1, 0.15) is 18.9 Å². The van der Waals surface area contributed by atoms with Crippen LogP contribution in [0.2, 0.25) is 0 Å². The summed E-state index contributed by atoms with van der Waals surface area (Å²) in [7, 11) is 0. The molecule has 0 radical (unpaired) electrons. The molecule has 2 rings (SSSR count). The van der Waals surface area contributed by atoms with Crippen molar-refractivity contribution in [2.75, 3.05) is 6.79 Å². The average molecular weight is 194 g/mol. The van der Waals surface area contributed by atoms with Gasteiger partial charge in [0.05, 0.1) is 6.10 Å². The molecule has 0 fully saturated rings. The van der Waals surface area contributed by atoms with Crippen molar-refractivity contribution in [3.63, 3.8) is 0 Å². The summed E-state index contributed by atoms with van der Waals surface area (Å²) in [6.45, 7) is 2.27. The number of rotatable bonds is 3. The van der Waals surface area contributed by atoms with Gasteiger partial charge in [0.2, 0.25) is 6.79 Å². The van der Waals surface area contributed by atoms with Crippen LogP contribution in [0.25, 0.3) is 0 Å². The van der Waals surface area contributed by atoms with Crippen molar-refractivity contribution in [2.24, 2.45) is 0 Å². The minimum absolute atomic E-state index is 0.268. The lowest BCUT2D eigenvalue weighted by Gasteiger charge is -2.07. The molecular weight excluding hydrogens is 180 g/mol. The van der Waals surface area contributed by atoms with Crippen LogP contribution in [0, 0.1) is 0 Å². The number of benzene rings is 1. The lowest BCUT2D eigenvalue weighted by molar-refractivity contribution is 0.170. The summed E-state index contributed by atoms with van der Waals surface area (Å²) in [6.07, 6.45) is 1.18. The maximum Gasteiger partial charge on any atom is 0.231 e. The first-order valence-electron chi connectivity index (χ1n) is 4.86. The highest BCUT2D eigenvalue weighted by Gasteiger charge is 2.13. The second kappa shape index (κ2) is 3.88. The second-order valence-electron chi connectivity index (χ2n) is 3.45. The molecule has 1 atom stereocenters. The van der Waals surface area contributed by atoms with E-state index in [0.717, 1.165) is 23.5 Å². The van der Waals surface area contributed by atoms with E-state index >= 15 is 0 Å². The summed E-state index contributed by atoms with van der Waals surface area (Å²) in [5.41, 5.74) is 1.09. The van der Waals surface area contributed by atoms with Crippen molar-refractivity contribution in [1.29, 1.82) is 0 Å². The SMILES string of the molecule is CC[C@@H](O)Cc1ccc2c(c1)OCO2. The van der Waals surface area contributed by atoms with Gasteiger partial charge in [0.25, 0.3) is 0 Å². The van der Waals surface area contributed by atoms with Crippen LogP contribution in [0.3, 0.4) is 0 Å².